The fourth-order valence-corrected chi connectivity index (χ4v) is 1.73. The normalized spacial score (nSPS) is 11.7. The van der Waals surface area contributed by atoms with Gasteiger partial charge in [-0.3, -0.25) is 0 Å². The maximum atomic E-state index is 5.71. The molecule has 0 aliphatic rings. The van der Waals surface area contributed by atoms with Gasteiger partial charge in [0.1, 0.15) is 0 Å². The molecule has 0 aromatic heterocycles. The first kappa shape index (κ1) is 9.99. The van der Waals surface area contributed by atoms with Gasteiger partial charge in [-0.15, -0.1) is 11.8 Å². The van der Waals surface area contributed by atoms with E-state index >= 15 is 0 Å². The van der Waals surface area contributed by atoms with Crippen molar-refractivity contribution in [3.05, 3.63) is 29.8 Å². The quantitative estimate of drug-likeness (QED) is 0.711. The summed E-state index contributed by atoms with van der Waals surface area (Å²) < 4.78 is 0. The molecule has 13 heavy (non-hydrogen) atoms. The summed E-state index contributed by atoms with van der Waals surface area (Å²) >= 11 is 1.70. The zero-order valence-electron chi connectivity index (χ0n) is 7.87. The predicted molar refractivity (Wildman–Crippen MR) is 62.4 cm³/mol. The fraction of sp³-hybridized carbons (Fsp3) is 0.200. The van der Waals surface area contributed by atoms with E-state index in [4.69, 9.17) is 11.5 Å². The highest BCUT2D eigenvalue weighted by Crippen LogP contribution is 2.28. The SMILES string of the molecule is C/C=C(\SC)c1ccc(N)c(N)c1. The molecule has 0 fully saturated rings. The molecule has 70 valence electrons. The molecule has 1 rings (SSSR count). The highest BCUT2D eigenvalue weighted by atomic mass is 32.2. The van der Waals surface area contributed by atoms with Crippen molar-refractivity contribution >= 4 is 28.0 Å². The Hall–Kier alpha value is -1.09. The highest BCUT2D eigenvalue weighted by Gasteiger charge is 2.00. The van der Waals surface area contributed by atoms with Gasteiger partial charge in [-0.2, -0.15) is 0 Å². The Morgan fingerprint density at radius 2 is 2.00 bits per heavy atom. The molecule has 0 unspecified atom stereocenters. The lowest BCUT2D eigenvalue weighted by Gasteiger charge is -2.06. The van der Waals surface area contributed by atoms with Gasteiger partial charge in [-0.05, 0) is 30.9 Å². The van der Waals surface area contributed by atoms with Crippen LogP contribution in [0.3, 0.4) is 0 Å². The molecule has 3 heteroatoms. The third-order valence-electron chi connectivity index (χ3n) is 1.85. The summed E-state index contributed by atoms with van der Waals surface area (Å²) in [5, 5.41) is 0. The van der Waals surface area contributed by atoms with E-state index < -0.39 is 0 Å². The Bertz CT molecular complexity index is 332. The topological polar surface area (TPSA) is 52.0 Å². The maximum Gasteiger partial charge on any atom is 0.0554 e. The molecule has 1 aromatic rings. The lowest BCUT2D eigenvalue weighted by Crippen LogP contribution is -1.94. The molecular weight excluding hydrogens is 180 g/mol. The van der Waals surface area contributed by atoms with E-state index in [1.165, 1.54) is 4.91 Å². The maximum absolute atomic E-state index is 5.71. The lowest BCUT2D eigenvalue weighted by molar-refractivity contribution is 1.61. The monoisotopic (exact) mass is 194 g/mol. The summed E-state index contributed by atoms with van der Waals surface area (Å²) in [7, 11) is 0. The number of hydrogen-bond acceptors (Lipinski definition) is 3. The lowest BCUT2D eigenvalue weighted by atomic mass is 10.1. The molecule has 0 bridgehead atoms. The molecule has 0 amide bonds. The van der Waals surface area contributed by atoms with Crippen LogP contribution in [0.15, 0.2) is 24.3 Å². The van der Waals surface area contributed by atoms with Gasteiger partial charge in [0.05, 0.1) is 11.4 Å². The predicted octanol–water partition coefficient (Wildman–Crippen LogP) is 2.57. The van der Waals surface area contributed by atoms with E-state index in [-0.39, 0.29) is 0 Å². The van der Waals surface area contributed by atoms with Gasteiger partial charge in [0, 0.05) is 4.91 Å². The minimum absolute atomic E-state index is 0.639. The smallest absolute Gasteiger partial charge is 0.0554 e. The van der Waals surface area contributed by atoms with Crippen LogP contribution in [0.4, 0.5) is 11.4 Å². The molecule has 1 aromatic carbocycles. The first-order valence-corrected chi connectivity index (χ1v) is 5.27. The third kappa shape index (κ3) is 2.18. The van der Waals surface area contributed by atoms with Crippen molar-refractivity contribution < 1.29 is 0 Å². The van der Waals surface area contributed by atoms with Crippen molar-refractivity contribution in [3.8, 4) is 0 Å². The molecule has 0 saturated heterocycles. The number of allylic oxidation sites excluding steroid dienone is 1. The van der Waals surface area contributed by atoms with Crippen LogP contribution < -0.4 is 11.5 Å². The molecule has 0 saturated carbocycles. The summed E-state index contributed by atoms with van der Waals surface area (Å²) in [6, 6.07) is 5.73. The average molecular weight is 194 g/mol. The summed E-state index contributed by atoms with van der Waals surface area (Å²) in [4.78, 5) is 1.21. The minimum atomic E-state index is 0.639. The molecule has 2 nitrogen and oxygen atoms in total. The van der Waals surface area contributed by atoms with Crippen LogP contribution in [0.1, 0.15) is 12.5 Å². The van der Waals surface area contributed by atoms with E-state index in [0.717, 1.165) is 5.56 Å². The highest BCUT2D eigenvalue weighted by molar-refractivity contribution is 8.07. The number of thioether (sulfide) groups is 1. The number of benzene rings is 1. The van der Waals surface area contributed by atoms with Crippen molar-refractivity contribution in [1.82, 2.24) is 0 Å². The Morgan fingerprint density at radius 1 is 1.31 bits per heavy atom. The molecule has 0 spiro atoms. The standard InChI is InChI=1S/C10H14N2S/c1-3-10(13-2)7-4-5-8(11)9(12)6-7/h3-6H,11-12H2,1-2H3/b10-3-. The minimum Gasteiger partial charge on any atom is -0.397 e. The van der Waals surface area contributed by atoms with E-state index in [1.807, 2.05) is 31.4 Å². The first-order chi connectivity index (χ1) is 6.19. The Labute approximate surface area is 83.0 Å². The van der Waals surface area contributed by atoms with Crippen molar-refractivity contribution in [2.24, 2.45) is 0 Å². The van der Waals surface area contributed by atoms with Crippen molar-refractivity contribution in [2.45, 2.75) is 6.92 Å². The van der Waals surface area contributed by atoms with Gasteiger partial charge in [-0.25, -0.2) is 0 Å². The van der Waals surface area contributed by atoms with E-state index in [1.54, 1.807) is 11.8 Å². The van der Waals surface area contributed by atoms with Crippen LogP contribution in [-0.4, -0.2) is 6.26 Å². The molecule has 4 N–H and O–H groups in total. The van der Waals surface area contributed by atoms with Crippen molar-refractivity contribution in [2.75, 3.05) is 17.7 Å². The number of nitrogen functional groups attached to an aromatic ring is 2. The second-order valence-corrected chi connectivity index (χ2v) is 3.55. The number of rotatable bonds is 2. The van der Waals surface area contributed by atoms with E-state index in [2.05, 4.69) is 6.08 Å². The van der Waals surface area contributed by atoms with Crippen LogP contribution in [0.25, 0.3) is 4.91 Å². The Kier molecular flexibility index (Phi) is 3.25. The summed E-state index contributed by atoms with van der Waals surface area (Å²) in [6.07, 6.45) is 4.11. The molecular formula is C10H14N2S. The van der Waals surface area contributed by atoms with E-state index in [0.29, 0.717) is 11.4 Å². The second-order valence-electron chi connectivity index (χ2n) is 2.70. The average Bonchev–Trinajstić information content (AvgIpc) is 2.13. The van der Waals surface area contributed by atoms with Crippen molar-refractivity contribution in [1.29, 1.82) is 0 Å². The zero-order valence-corrected chi connectivity index (χ0v) is 8.69. The van der Waals surface area contributed by atoms with Gasteiger partial charge in [0.25, 0.3) is 0 Å². The fourth-order valence-electron chi connectivity index (χ4n) is 1.13. The largest absolute Gasteiger partial charge is 0.397 e. The van der Waals surface area contributed by atoms with Gasteiger partial charge in [0.15, 0.2) is 0 Å². The van der Waals surface area contributed by atoms with Crippen molar-refractivity contribution in [3.63, 3.8) is 0 Å². The molecule has 0 radical (unpaired) electrons. The van der Waals surface area contributed by atoms with Crippen LogP contribution in [-0.2, 0) is 0 Å². The zero-order chi connectivity index (χ0) is 9.84. The van der Waals surface area contributed by atoms with Crippen LogP contribution >= 0.6 is 11.8 Å². The number of nitrogens with two attached hydrogens (primary N) is 2. The van der Waals surface area contributed by atoms with E-state index in [9.17, 15) is 0 Å². The second kappa shape index (κ2) is 4.23. The summed E-state index contributed by atoms with van der Waals surface area (Å²) in [5.41, 5.74) is 13.7. The van der Waals surface area contributed by atoms with Crippen LogP contribution in [0.2, 0.25) is 0 Å². The molecule has 0 aliphatic carbocycles. The summed E-state index contributed by atoms with van der Waals surface area (Å²) in [6.45, 7) is 2.01. The number of anilines is 2. The Balaban J connectivity index is 3.10. The molecule has 0 aliphatic heterocycles. The summed E-state index contributed by atoms with van der Waals surface area (Å²) in [5.74, 6) is 0. The van der Waals surface area contributed by atoms with Crippen LogP contribution in [0.5, 0.6) is 0 Å². The molecule has 0 atom stereocenters. The number of hydrogen-bond donors (Lipinski definition) is 2. The van der Waals surface area contributed by atoms with Gasteiger partial charge >= 0.3 is 0 Å². The van der Waals surface area contributed by atoms with Gasteiger partial charge < -0.3 is 11.5 Å². The molecule has 0 heterocycles. The van der Waals surface area contributed by atoms with Gasteiger partial charge in [-0.1, -0.05) is 12.1 Å². The van der Waals surface area contributed by atoms with Gasteiger partial charge in [0.2, 0.25) is 0 Å². The first-order valence-electron chi connectivity index (χ1n) is 4.04. The Morgan fingerprint density at radius 3 is 2.46 bits per heavy atom. The third-order valence-corrected chi connectivity index (χ3v) is 2.76. The van der Waals surface area contributed by atoms with Crippen LogP contribution in [0, 0.1) is 0 Å².